The van der Waals surface area contributed by atoms with Crippen molar-refractivity contribution in [3.63, 3.8) is 0 Å². The van der Waals surface area contributed by atoms with Gasteiger partial charge in [-0.3, -0.25) is 0 Å². The van der Waals surface area contributed by atoms with Gasteiger partial charge in [-0.15, -0.1) is 0 Å². The summed E-state index contributed by atoms with van der Waals surface area (Å²) in [6, 6.07) is 0. The average molecular weight is 278 g/mol. The Balaban J connectivity index is 2.30. The van der Waals surface area contributed by atoms with Crippen LogP contribution in [0.2, 0.25) is 0 Å². The topological polar surface area (TPSA) is 67.4 Å². The molecule has 5 nitrogen and oxygen atoms in total. The van der Waals surface area contributed by atoms with Gasteiger partial charge in [0.15, 0.2) is 0 Å². The highest BCUT2D eigenvalue weighted by molar-refractivity contribution is 7.89. The summed E-state index contributed by atoms with van der Waals surface area (Å²) in [6.45, 7) is 6.06. The highest BCUT2D eigenvalue weighted by atomic mass is 32.2. The summed E-state index contributed by atoms with van der Waals surface area (Å²) < 4.78 is 31.5. The van der Waals surface area contributed by atoms with Gasteiger partial charge >= 0.3 is 0 Å². The molecule has 1 rings (SSSR count). The Labute approximate surface area is 111 Å². The molecule has 0 aliphatic carbocycles. The van der Waals surface area contributed by atoms with Gasteiger partial charge in [0.05, 0.1) is 11.4 Å². The van der Waals surface area contributed by atoms with E-state index < -0.39 is 15.6 Å². The van der Waals surface area contributed by atoms with Crippen LogP contribution in [0.15, 0.2) is 0 Å². The molecule has 0 aromatic heterocycles. The van der Waals surface area contributed by atoms with Crippen molar-refractivity contribution in [3.05, 3.63) is 0 Å². The first-order valence-electron chi connectivity index (χ1n) is 6.58. The largest absolute Gasteiger partial charge is 0.377 e. The Morgan fingerprint density at radius 2 is 1.94 bits per heavy atom. The number of methoxy groups -OCH3 is 1. The van der Waals surface area contributed by atoms with Crippen molar-refractivity contribution >= 4 is 10.0 Å². The van der Waals surface area contributed by atoms with Gasteiger partial charge in [0, 0.05) is 13.7 Å². The maximum atomic E-state index is 11.9. The third-order valence-electron chi connectivity index (χ3n) is 3.52. The fourth-order valence-electron chi connectivity index (χ4n) is 1.92. The van der Waals surface area contributed by atoms with Crippen LogP contribution >= 0.6 is 0 Å². The van der Waals surface area contributed by atoms with Crippen LogP contribution in [0.4, 0.5) is 0 Å². The van der Waals surface area contributed by atoms with Crippen LogP contribution in [0.1, 0.15) is 33.1 Å². The minimum absolute atomic E-state index is 0.220. The monoisotopic (exact) mass is 278 g/mol. The molecule has 0 saturated carbocycles. The second-order valence-corrected chi connectivity index (χ2v) is 7.51. The molecule has 1 heterocycles. The summed E-state index contributed by atoms with van der Waals surface area (Å²) in [6.07, 6.45) is 2.92. The maximum absolute atomic E-state index is 11.9. The van der Waals surface area contributed by atoms with Crippen molar-refractivity contribution < 1.29 is 13.2 Å². The zero-order valence-electron chi connectivity index (χ0n) is 11.7. The molecule has 0 radical (unpaired) electrons. The molecule has 1 aliphatic heterocycles. The lowest BCUT2D eigenvalue weighted by molar-refractivity contribution is 0.0276. The Kier molecular flexibility index (Phi) is 6.04. The highest BCUT2D eigenvalue weighted by Gasteiger charge is 2.22. The number of sulfonamides is 1. The molecule has 0 amide bonds. The normalized spacial score (nSPS) is 19.1. The highest BCUT2D eigenvalue weighted by Crippen LogP contribution is 2.16. The molecule has 0 spiro atoms. The summed E-state index contributed by atoms with van der Waals surface area (Å²) in [4.78, 5) is 0. The lowest BCUT2D eigenvalue weighted by Crippen LogP contribution is -2.41. The van der Waals surface area contributed by atoms with E-state index in [0.29, 0.717) is 12.5 Å². The van der Waals surface area contributed by atoms with E-state index >= 15 is 0 Å². The summed E-state index contributed by atoms with van der Waals surface area (Å²) in [5.74, 6) is 0.760. The van der Waals surface area contributed by atoms with E-state index in [1.807, 2.05) is 13.8 Å². The Bertz CT molecular complexity index is 335. The number of piperidine rings is 1. The van der Waals surface area contributed by atoms with E-state index in [9.17, 15) is 8.42 Å². The van der Waals surface area contributed by atoms with E-state index in [2.05, 4.69) is 10.0 Å². The predicted molar refractivity (Wildman–Crippen MR) is 73.1 cm³/mol. The maximum Gasteiger partial charge on any atom is 0.211 e. The molecule has 6 heteroatoms. The fourth-order valence-corrected chi connectivity index (χ4v) is 3.28. The van der Waals surface area contributed by atoms with Crippen molar-refractivity contribution in [3.8, 4) is 0 Å². The standard InChI is InChI=1S/C12H26N2O3S/c1-12(2,17-3)10-14-18(15,16)9-6-11-4-7-13-8-5-11/h11,13-14H,4-10H2,1-3H3. The number of hydrogen-bond donors (Lipinski definition) is 2. The Hall–Kier alpha value is -0.170. The van der Waals surface area contributed by atoms with Crippen LogP contribution in [0.5, 0.6) is 0 Å². The molecule has 0 atom stereocenters. The zero-order chi connectivity index (χ0) is 13.6. The predicted octanol–water partition coefficient (Wildman–Crippen LogP) is 0.721. The summed E-state index contributed by atoms with van der Waals surface area (Å²) >= 11 is 0. The van der Waals surface area contributed by atoms with Gasteiger partial charge in [-0.05, 0) is 52.1 Å². The number of ether oxygens (including phenoxy) is 1. The van der Waals surface area contributed by atoms with Gasteiger partial charge in [-0.25, -0.2) is 13.1 Å². The van der Waals surface area contributed by atoms with Crippen molar-refractivity contribution in [2.75, 3.05) is 32.5 Å². The molecule has 1 saturated heterocycles. The molecule has 0 unspecified atom stereocenters. The van der Waals surface area contributed by atoms with Crippen LogP contribution in [-0.4, -0.2) is 46.5 Å². The van der Waals surface area contributed by atoms with Crippen LogP contribution in [0.25, 0.3) is 0 Å². The van der Waals surface area contributed by atoms with Gasteiger partial charge in [-0.2, -0.15) is 0 Å². The van der Waals surface area contributed by atoms with Gasteiger partial charge < -0.3 is 10.1 Å². The lowest BCUT2D eigenvalue weighted by atomic mass is 9.96. The lowest BCUT2D eigenvalue weighted by Gasteiger charge is -2.24. The molecule has 18 heavy (non-hydrogen) atoms. The molecular formula is C12H26N2O3S. The minimum Gasteiger partial charge on any atom is -0.377 e. The SMILES string of the molecule is COC(C)(C)CNS(=O)(=O)CCC1CCNCC1. The van der Waals surface area contributed by atoms with Gasteiger partial charge in [0.1, 0.15) is 0 Å². The average Bonchev–Trinajstić information content (AvgIpc) is 2.36. The quantitative estimate of drug-likeness (QED) is 0.720. The molecule has 0 aromatic carbocycles. The van der Waals surface area contributed by atoms with Gasteiger partial charge in [0.2, 0.25) is 10.0 Å². The molecule has 108 valence electrons. The summed E-state index contributed by atoms with van der Waals surface area (Å²) in [7, 11) is -1.59. The number of rotatable bonds is 7. The smallest absolute Gasteiger partial charge is 0.211 e. The second kappa shape index (κ2) is 6.84. The van der Waals surface area contributed by atoms with E-state index in [4.69, 9.17) is 4.74 Å². The van der Waals surface area contributed by atoms with Crippen molar-refractivity contribution in [2.45, 2.75) is 38.7 Å². The first-order valence-corrected chi connectivity index (χ1v) is 8.23. The Morgan fingerprint density at radius 1 is 1.33 bits per heavy atom. The molecule has 1 fully saturated rings. The van der Waals surface area contributed by atoms with Crippen LogP contribution in [0, 0.1) is 5.92 Å². The minimum atomic E-state index is -3.17. The van der Waals surface area contributed by atoms with Crippen LogP contribution in [0.3, 0.4) is 0 Å². The summed E-state index contributed by atoms with van der Waals surface area (Å²) in [5.41, 5.74) is -0.457. The van der Waals surface area contributed by atoms with Crippen LogP contribution < -0.4 is 10.0 Å². The van der Waals surface area contributed by atoms with Gasteiger partial charge in [-0.1, -0.05) is 0 Å². The second-order valence-electron chi connectivity index (χ2n) is 5.59. The van der Waals surface area contributed by atoms with E-state index in [1.54, 1.807) is 7.11 Å². The molecule has 2 N–H and O–H groups in total. The molecular weight excluding hydrogens is 252 g/mol. The van der Waals surface area contributed by atoms with Crippen molar-refractivity contribution in [1.82, 2.24) is 10.0 Å². The van der Waals surface area contributed by atoms with E-state index in [1.165, 1.54) is 0 Å². The fraction of sp³-hybridized carbons (Fsp3) is 1.00. The first-order chi connectivity index (χ1) is 8.35. The third-order valence-corrected chi connectivity index (χ3v) is 4.88. The zero-order valence-corrected chi connectivity index (χ0v) is 12.5. The number of nitrogens with one attached hydrogen (secondary N) is 2. The first kappa shape index (κ1) is 15.9. The number of hydrogen-bond acceptors (Lipinski definition) is 4. The molecule has 1 aliphatic rings. The Morgan fingerprint density at radius 3 is 2.50 bits per heavy atom. The van der Waals surface area contributed by atoms with E-state index in [0.717, 1.165) is 32.4 Å². The van der Waals surface area contributed by atoms with Crippen molar-refractivity contribution in [2.24, 2.45) is 5.92 Å². The van der Waals surface area contributed by atoms with E-state index in [-0.39, 0.29) is 5.75 Å². The molecule has 0 aromatic rings. The third kappa shape index (κ3) is 6.13. The summed E-state index contributed by atoms with van der Waals surface area (Å²) in [5, 5.41) is 3.28. The van der Waals surface area contributed by atoms with Gasteiger partial charge in [0.25, 0.3) is 0 Å². The van der Waals surface area contributed by atoms with Crippen LogP contribution in [-0.2, 0) is 14.8 Å². The van der Waals surface area contributed by atoms with Crippen molar-refractivity contribution in [1.29, 1.82) is 0 Å². The molecule has 0 bridgehead atoms.